The van der Waals surface area contributed by atoms with Crippen LogP contribution in [0.4, 0.5) is 0 Å². The molecule has 1 atom stereocenters. The second kappa shape index (κ2) is 9.15. The second-order valence-corrected chi connectivity index (χ2v) is 5.11. The molecule has 0 aliphatic carbocycles. The van der Waals surface area contributed by atoms with Crippen molar-refractivity contribution >= 4 is 0 Å². The van der Waals surface area contributed by atoms with Crippen molar-refractivity contribution in [2.75, 3.05) is 6.54 Å². The highest BCUT2D eigenvalue weighted by Crippen LogP contribution is 2.19. The van der Waals surface area contributed by atoms with E-state index in [0.717, 1.165) is 6.54 Å². The first kappa shape index (κ1) is 15.2. The van der Waals surface area contributed by atoms with Crippen LogP contribution in [-0.2, 0) is 7.05 Å². The van der Waals surface area contributed by atoms with Crippen molar-refractivity contribution in [3.8, 4) is 0 Å². The van der Waals surface area contributed by atoms with Crippen LogP contribution in [0.25, 0.3) is 0 Å². The molecule has 1 aromatic heterocycles. The number of nitrogens with zero attached hydrogens (tertiary/aromatic N) is 2. The number of aromatic nitrogens is 2. The molecular weight excluding hydrogens is 222 g/mol. The molecule has 0 aliphatic heterocycles. The predicted octanol–water partition coefficient (Wildman–Crippen LogP) is 3.82. The number of hydrogen-bond acceptors (Lipinski definition) is 2. The average Bonchev–Trinajstić information content (AvgIpc) is 2.79. The molecule has 0 saturated carbocycles. The molecule has 1 rings (SSSR count). The fourth-order valence-electron chi connectivity index (χ4n) is 2.38. The minimum Gasteiger partial charge on any atom is -0.310 e. The third kappa shape index (κ3) is 5.67. The summed E-state index contributed by atoms with van der Waals surface area (Å²) in [5.74, 6) is 0. The Morgan fingerprint density at radius 3 is 2.50 bits per heavy atom. The first-order chi connectivity index (χ1) is 8.77. The Kier molecular flexibility index (Phi) is 7.74. The Morgan fingerprint density at radius 1 is 1.17 bits per heavy atom. The highest BCUT2D eigenvalue weighted by molar-refractivity contribution is 5.09. The molecule has 1 unspecified atom stereocenters. The van der Waals surface area contributed by atoms with Gasteiger partial charge in [0.05, 0.1) is 6.20 Å². The number of unbranched alkanes of at least 4 members (excludes halogenated alkanes) is 5. The molecular formula is C15H29N3. The molecule has 0 aliphatic rings. The lowest BCUT2D eigenvalue weighted by atomic mass is 10.0. The lowest BCUT2D eigenvalue weighted by molar-refractivity contribution is 0.476. The number of hydrogen-bond donors (Lipinski definition) is 1. The van der Waals surface area contributed by atoms with Gasteiger partial charge < -0.3 is 5.32 Å². The molecule has 3 nitrogen and oxygen atoms in total. The van der Waals surface area contributed by atoms with Crippen LogP contribution in [0.15, 0.2) is 12.4 Å². The third-order valence-electron chi connectivity index (χ3n) is 3.42. The predicted molar refractivity (Wildman–Crippen MR) is 77.6 cm³/mol. The number of nitrogens with one attached hydrogen (secondary N) is 1. The normalized spacial score (nSPS) is 12.8. The van der Waals surface area contributed by atoms with Gasteiger partial charge in [-0.1, -0.05) is 52.4 Å². The zero-order valence-electron chi connectivity index (χ0n) is 12.3. The number of rotatable bonds is 10. The van der Waals surface area contributed by atoms with E-state index < -0.39 is 0 Å². The van der Waals surface area contributed by atoms with E-state index in [9.17, 15) is 0 Å². The summed E-state index contributed by atoms with van der Waals surface area (Å²) in [6.07, 6.45) is 13.5. The molecule has 1 heterocycles. The second-order valence-electron chi connectivity index (χ2n) is 5.11. The maximum absolute atomic E-state index is 4.27. The summed E-state index contributed by atoms with van der Waals surface area (Å²) in [6, 6.07) is 0.481. The van der Waals surface area contributed by atoms with Gasteiger partial charge in [-0.05, 0) is 13.0 Å². The monoisotopic (exact) mass is 251 g/mol. The molecule has 0 amide bonds. The molecule has 3 heteroatoms. The van der Waals surface area contributed by atoms with Gasteiger partial charge in [0.2, 0.25) is 0 Å². The van der Waals surface area contributed by atoms with Gasteiger partial charge in [0.1, 0.15) is 0 Å². The minimum absolute atomic E-state index is 0.481. The smallest absolute Gasteiger partial charge is 0.0537 e. The van der Waals surface area contributed by atoms with Gasteiger partial charge in [0.25, 0.3) is 0 Å². The van der Waals surface area contributed by atoms with Crippen molar-refractivity contribution in [3.63, 3.8) is 0 Å². The maximum Gasteiger partial charge on any atom is 0.0537 e. The summed E-state index contributed by atoms with van der Waals surface area (Å²) >= 11 is 0. The SMILES string of the molecule is CCCCCCCCC(NCC)c1cnn(C)c1. The molecule has 0 aromatic carbocycles. The minimum atomic E-state index is 0.481. The summed E-state index contributed by atoms with van der Waals surface area (Å²) in [7, 11) is 1.98. The summed E-state index contributed by atoms with van der Waals surface area (Å²) in [5.41, 5.74) is 1.33. The van der Waals surface area contributed by atoms with Crippen molar-refractivity contribution in [1.82, 2.24) is 15.1 Å². The van der Waals surface area contributed by atoms with Crippen LogP contribution in [0.2, 0.25) is 0 Å². The molecule has 0 fully saturated rings. The first-order valence-electron chi connectivity index (χ1n) is 7.49. The highest BCUT2D eigenvalue weighted by Gasteiger charge is 2.11. The largest absolute Gasteiger partial charge is 0.310 e. The van der Waals surface area contributed by atoms with Crippen LogP contribution in [0, 0.1) is 0 Å². The molecule has 104 valence electrons. The molecule has 0 radical (unpaired) electrons. The van der Waals surface area contributed by atoms with Gasteiger partial charge in [0, 0.05) is 24.8 Å². The highest BCUT2D eigenvalue weighted by atomic mass is 15.2. The molecule has 1 N–H and O–H groups in total. The van der Waals surface area contributed by atoms with E-state index in [4.69, 9.17) is 0 Å². The average molecular weight is 251 g/mol. The summed E-state index contributed by atoms with van der Waals surface area (Å²) in [6.45, 7) is 5.46. The van der Waals surface area contributed by atoms with E-state index in [1.165, 1.54) is 50.5 Å². The van der Waals surface area contributed by atoms with Crippen molar-refractivity contribution in [2.24, 2.45) is 7.05 Å². The van der Waals surface area contributed by atoms with Crippen molar-refractivity contribution in [3.05, 3.63) is 18.0 Å². The van der Waals surface area contributed by atoms with Gasteiger partial charge in [0.15, 0.2) is 0 Å². The molecule has 0 saturated heterocycles. The number of aryl methyl sites for hydroxylation is 1. The standard InChI is InChI=1S/C15H29N3/c1-4-6-7-8-9-10-11-15(16-5-2)14-12-17-18(3)13-14/h12-13,15-16H,4-11H2,1-3H3. The Labute approximate surface area is 112 Å². The third-order valence-corrected chi connectivity index (χ3v) is 3.42. The zero-order chi connectivity index (χ0) is 13.2. The van der Waals surface area contributed by atoms with Crippen LogP contribution in [0.5, 0.6) is 0 Å². The van der Waals surface area contributed by atoms with E-state index >= 15 is 0 Å². The topological polar surface area (TPSA) is 29.9 Å². The van der Waals surface area contributed by atoms with Crippen molar-refractivity contribution < 1.29 is 0 Å². The van der Waals surface area contributed by atoms with Crippen LogP contribution in [-0.4, -0.2) is 16.3 Å². The van der Waals surface area contributed by atoms with Crippen molar-refractivity contribution in [1.29, 1.82) is 0 Å². The summed E-state index contributed by atoms with van der Waals surface area (Å²) in [5, 5.41) is 7.83. The van der Waals surface area contributed by atoms with Crippen LogP contribution in [0.3, 0.4) is 0 Å². The van der Waals surface area contributed by atoms with Gasteiger partial charge >= 0.3 is 0 Å². The Bertz CT molecular complexity index is 306. The lowest BCUT2D eigenvalue weighted by Crippen LogP contribution is -2.20. The molecule has 18 heavy (non-hydrogen) atoms. The quantitative estimate of drug-likeness (QED) is 0.641. The lowest BCUT2D eigenvalue weighted by Gasteiger charge is -2.16. The first-order valence-corrected chi connectivity index (χ1v) is 7.49. The summed E-state index contributed by atoms with van der Waals surface area (Å²) < 4.78 is 1.89. The van der Waals surface area contributed by atoms with Crippen LogP contribution < -0.4 is 5.32 Å². The van der Waals surface area contributed by atoms with Gasteiger partial charge in [-0.2, -0.15) is 5.10 Å². The van der Waals surface area contributed by atoms with Gasteiger partial charge in [-0.3, -0.25) is 4.68 Å². The van der Waals surface area contributed by atoms with E-state index in [1.807, 2.05) is 17.9 Å². The van der Waals surface area contributed by atoms with E-state index in [-0.39, 0.29) is 0 Å². The van der Waals surface area contributed by atoms with E-state index in [2.05, 4.69) is 30.5 Å². The molecule has 0 bridgehead atoms. The maximum atomic E-state index is 4.27. The van der Waals surface area contributed by atoms with Crippen LogP contribution >= 0.6 is 0 Å². The summed E-state index contributed by atoms with van der Waals surface area (Å²) in [4.78, 5) is 0. The molecule has 1 aromatic rings. The Balaban J connectivity index is 2.26. The van der Waals surface area contributed by atoms with E-state index in [1.54, 1.807) is 0 Å². The fourth-order valence-corrected chi connectivity index (χ4v) is 2.38. The van der Waals surface area contributed by atoms with Gasteiger partial charge in [-0.25, -0.2) is 0 Å². The zero-order valence-corrected chi connectivity index (χ0v) is 12.3. The van der Waals surface area contributed by atoms with Crippen LogP contribution in [0.1, 0.15) is 70.4 Å². The van der Waals surface area contributed by atoms with Gasteiger partial charge in [-0.15, -0.1) is 0 Å². The fraction of sp³-hybridized carbons (Fsp3) is 0.800. The van der Waals surface area contributed by atoms with E-state index in [0.29, 0.717) is 6.04 Å². The van der Waals surface area contributed by atoms with Crippen molar-refractivity contribution in [2.45, 2.75) is 64.8 Å². The Morgan fingerprint density at radius 2 is 1.89 bits per heavy atom. The Hall–Kier alpha value is -0.830. The molecule has 0 spiro atoms.